The number of aromatic nitrogens is 3. The molecule has 0 unspecified atom stereocenters. The van der Waals surface area contributed by atoms with Gasteiger partial charge in [-0.2, -0.15) is 0 Å². The number of hydrogen-bond acceptors (Lipinski definition) is 2. The standard InChI is InChI=1S/C20H17N3O2/c24-16-8-5-13(6-9-16)7-10-19-17(20(25)23-22-19)12-15-11-14-3-1-2-4-18(14)21-15/h1-6,8-12,21-22,24H,7H2,(H,23,25). The number of phenolic OH excluding ortho intramolecular Hbond substituents is 1. The predicted octanol–water partition coefficient (Wildman–Crippen LogP) is 1.74. The Hall–Kier alpha value is -3.47. The van der Waals surface area contributed by atoms with E-state index in [0.29, 0.717) is 11.6 Å². The predicted molar refractivity (Wildman–Crippen MR) is 98.8 cm³/mol. The molecule has 0 atom stereocenters. The summed E-state index contributed by atoms with van der Waals surface area (Å²) in [4.78, 5) is 15.4. The van der Waals surface area contributed by atoms with Crippen molar-refractivity contribution in [2.45, 2.75) is 6.42 Å². The summed E-state index contributed by atoms with van der Waals surface area (Å²) in [5.74, 6) is 0.242. The highest BCUT2D eigenvalue weighted by Crippen LogP contribution is 2.14. The molecule has 2 aromatic carbocycles. The second-order valence-electron chi connectivity index (χ2n) is 5.94. The maximum absolute atomic E-state index is 12.1. The lowest BCUT2D eigenvalue weighted by molar-refractivity contribution is 0.475. The number of para-hydroxylation sites is 1. The minimum Gasteiger partial charge on any atom is -0.508 e. The van der Waals surface area contributed by atoms with Gasteiger partial charge in [-0.15, -0.1) is 0 Å². The Morgan fingerprint density at radius 1 is 1.00 bits per heavy atom. The molecule has 0 amide bonds. The average Bonchev–Trinajstić information content (AvgIpc) is 3.18. The molecule has 2 aromatic heterocycles. The van der Waals surface area contributed by atoms with Gasteiger partial charge in [0.15, 0.2) is 0 Å². The van der Waals surface area contributed by atoms with Crippen LogP contribution >= 0.6 is 0 Å². The summed E-state index contributed by atoms with van der Waals surface area (Å²) in [5.41, 5.74) is 2.81. The highest BCUT2D eigenvalue weighted by Gasteiger charge is 2.00. The molecule has 4 N–H and O–H groups in total. The van der Waals surface area contributed by atoms with Crippen molar-refractivity contribution in [2.24, 2.45) is 0 Å². The highest BCUT2D eigenvalue weighted by molar-refractivity contribution is 5.82. The number of rotatable bonds is 3. The van der Waals surface area contributed by atoms with Crippen LogP contribution in [0.2, 0.25) is 0 Å². The van der Waals surface area contributed by atoms with Gasteiger partial charge in [-0.3, -0.25) is 15.0 Å². The van der Waals surface area contributed by atoms with E-state index in [4.69, 9.17) is 0 Å². The lowest BCUT2D eigenvalue weighted by Crippen LogP contribution is -2.33. The van der Waals surface area contributed by atoms with Gasteiger partial charge in [0.1, 0.15) is 5.75 Å². The first-order valence-corrected chi connectivity index (χ1v) is 8.03. The molecule has 5 heteroatoms. The number of nitrogens with one attached hydrogen (secondary N) is 3. The average molecular weight is 331 g/mol. The molecule has 0 saturated carbocycles. The van der Waals surface area contributed by atoms with Crippen molar-refractivity contribution in [2.75, 3.05) is 0 Å². The van der Waals surface area contributed by atoms with Crippen molar-refractivity contribution in [1.82, 2.24) is 15.2 Å². The summed E-state index contributed by atoms with van der Waals surface area (Å²) in [6, 6.07) is 17.0. The highest BCUT2D eigenvalue weighted by atomic mass is 16.3. The summed E-state index contributed by atoms with van der Waals surface area (Å²) in [7, 11) is 0. The molecule has 0 aliphatic rings. The smallest absolute Gasteiger partial charge is 0.271 e. The van der Waals surface area contributed by atoms with Gasteiger partial charge in [-0.05, 0) is 47.7 Å². The summed E-state index contributed by atoms with van der Waals surface area (Å²) in [6.07, 6.45) is 4.46. The van der Waals surface area contributed by atoms with Gasteiger partial charge in [0.25, 0.3) is 5.56 Å². The van der Waals surface area contributed by atoms with Gasteiger partial charge in [0.2, 0.25) is 0 Å². The SMILES string of the molecule is O=c1[nH][nH]c(=CCc2ccc(O)cc2)c1=Cc1cc2ccccc2[nH]1. The summed E-state index contributed by atoms with van der Waals surface area (Å²) < 4.78 is 0. The van der Waals surface area contributed by atoms with Crippen LogP contribution in [0.25, 0.3) is 23.1 Å². The normalized spacial score (nSPS) is 13.0. The molecule has 0 radical (unpaired) electrons. The minimum absolute atomic E-state index is 0.157. The quantitative estimate of drug-likeness (QED) is 0.461. The van der Waals surface area contributed by atoms with Crippen LogP contribution in [-0.4, -0.2) is 20.3 Å². The van der Waals surface area contributed by atoms with Crippen LogP contribution in [0.3, 0.4) is 0 Å². The van der Waals surface area contributed by atoms with Crippen molar-refractivity contribution in [3.63, 3.8) is 0 Å². The van der Waals surface area contributed by atoms with E-state index >= 15 is 0 Å². The van der Waals surface area contributed by atoms with E-state index in [1.165, 1.54) is 0 Å². The van der Waals surface area contributed by atoms with Gasteiger partial charge in [0, 0.05) is 11.2 Å². The monoisotopic (exact) mass is 331 g/mol. The lowest BCUT2D eigenvalue weighted by Gasteiger charge is -1.95. The van der Waals surface area contributed by atoms with E-state index in [0.717, 1.165) is 27.5 Å². The number of fused-ring (bicyclic) bond motifs is 1. The van der Waals surface area contributed by atoms with Crippen LogP contribution in [0, 0.1) is 0 Å². The van der Waals surface area contributed by atoms with Crippen LogP contribution in [0.5, 0.6) is 5.75 Å². The van der Waals surface area contributed by atoms with Crippen molar-refractivity contribution >= 4 is 23.1 Å². The van der Waals surface area contributed by atoms with Crippen LogP contribution in [0.1, 0.15) is 11.3 Å². The Morgan fingerprint density at radius 3 is 2.60 bits per heavy atom. The fourth-order valence-electron chi connectivity index (χ4n) is 2.87. The zero-order valence-corrected chi connectivity index (χ0v) is 13.4. The van der Waals surface area contributed by atoms with Crippen molar-refractivity contribution in [1.29, 1.82) is 0 Å². The third kappa shape index (κ3) is 3.12. The Balaban J connectivity index is 1.75. The van der Waals surface area contributed by atoms with Crippen LogP contribution in [0.15, 0.2) is 59.4 Å². The third-order valence-electron chi connectivity index (χ3n) is 4.17. The Labute approximate surface area is 143 Å². The molecule has 0 saturated heterocycles. The van der Waals surface area contributed by atoms with Crippen molar-refractivity contribution in [3.8, 4) is 5.75 Å². The lowest BCUT2D eigenvalue weighted by atomic mass is 10.1. The number of hydrogen-bond donors (Lipinski definition) is 4. The van der Waals surface area contributed by atoms with Gasteiger partial charge in [-0.25, -0.2) is 0 Å². The van der Waals surface area contributed by atoms with E-state index in [2.05, 4.69) is 15.2 Å². The minimum atomic E-state index is -0.157. The van der Waals surface area contributed by atoms with Gasteiger partial charge in [0.05, 0.1) is 10.6 Å². The first-order chi connectivity index (χ1) is 12.2. The molecule has 25 heavy (non-hydrogen) atoms. The fraction of sp³-hybridized carbons (Fsp3) is 0.0500. The van der Waals surface area contributed by atoms with E-state index in [1.807, 2.05) is 54.6 Å². The molecule has 124 valence electrons. The molecule has 5 nitrogen and oxygen atoms in total. The maximum atomic E-state index is 12.1. The first-order valence-electron chi connectivity index (χ1n) is 8.03. The molecule has 0 aliphatic carbocycles. The summed E-state index contributed by atoms with van der Waals surface area (Å²) in [6.45, 7) is 0. The van der Waals surface area contributed by atoms with E-state index in [9.17, 15) is 9.90 Å². The maximum Gasteiger partial charge on any atom is 0.271 e. The largest absolute Gasteiger partial charge is 0.508 e. The first kappa shape index (κ1) is 15.1. The summed E-state index contributed by atoms with van der Waals surface area (Å²) >= 11 is 0. The molecule has 4 rings (SSSR count). The van der Waals surface area contributed by atoms with E-state index < -0.39 is 0 Å². The number of aromatic amines is 3. The third-order valence-corrected chi connectivity index (χ3v) is 4.17. The zero-order chi connectivity index (χ0) is 17.2. The molecule has 4 aromatic rings. The zero-order valence-electron chi connectivity index (χ0n) is 13.4. The number of phenols is 1. The van der Waals surface area contributed by atoms with Crippen LogP contribution in [-0.2, 0) is 6.42 Å². The fourth-order valence-corrected chi connectivity index (χ4v) is 2.87. The van der Waals surface area contributed by atoms with E-state index in [-0.39, 0.29) is 11.3 Å². The van der Waals surface area contributed by atoms with Gasteiger partial charge in [-0.1, -0.05) is 36.4 Å². The Morgan fingerprint density at radius 2 is 1.80 bits per heavy atom. The van der Waals surface area contributed by atoms with E-state index in [1.54, 1.807) is 12.1 Å². The van der Waals surface area contributed by atoms with Crippen LogP contribution in [0.4, 0.5) is 0 Å². The van der Waals surface area contributed by atoms with Gasteiger partial charge >= 0.3 is 0 Å². The van der Waals surface area contributed by atoms with Crippen LogP contribution < -0.4 is 16.1 Å². The molecule has 0 bridgehead atoms. The number of benzene rings is 2. The number of aromatic hydroxyl groups is 1. The second-order valence-corrected chi connectivity index (χ2v) is 5.94. The topological polar surface area (TPSA) is 84.7 Å². The second kappa shape index (κ2) is 6.20. The molecular formula is C20H17N3O2. The van der Waals surface area contributed by atoms with Crippen molar-refractivity contribution < 1.29 is 5.11 Å². The molecule has 0 fully saturated rings. The summed E-state index contributed by atoms with van der Waals surface area (Å²) in [5, 5.41) is 17.3. The Bertz CT molecular complexity index is 1160. The molecule has 0 spiro atoms. The molecular weight excluding hydrogens is 314 g/mol. The van der Waals surface area contributed by atoms with Crippen molar-refractivity contribution in [3.05, 3.63) is 86.8 Å². The Kier molecular flexibility index (Phi) is 3.74. The number of H-pyrrole nitrogens is 3. The molecule has 2 heterocycles. The van der Waals surface area contributed by atoms with Gasteiger partial charge < -0.3 is 10.1 Å². The molecule has 0 aliphatic heterocycles.